The minimum atomic E-state index is -0.821. The van der Waals surface area contributed by atoms with Crippen molar-refractivity contribution in [1.82, 2.24) is 5.32 Å². The van der Waals surface area contributed by atoms with E-state index in [9.17, 15) is 9.59 Å². The number of nitrogens with one attached hydrogen (secondary N) is 1. The second-order valence-corrected chi connectivity index (χ2v) is 3.93. The summed E-state index contributed by atoms with van der Waals surface area (Å²) in [5.74, 6) is -0.799. The highest BCUT2D eigenvalue weighted by Gasteiger charge is 2.30. The van der Waals surface area contributed by atoms with Crippen molar-refractivity contribution < 1.29 is 19.4 Å². The molecule has 0 heterocycles. The number of carboxylic acids is 1. The van der Waals surface area contributed by atoms with Crippen LogP contribution in [0.15, 0.2) is 12.7 Å². The van der Waals surface area contributed by atoms with E-state index in [-0.39, 0.29) is 25.0 Å². The largest absolute Gasteiger partial charge is 0.481 e. The fraction of sp³-hybridized carbons (Fsp3) is 0.636. The van der Waals surface area contributed by atoms with Crippen LogP contribution in [0.5, 0.6) is 0 Å². The maximum absolute atomic E-state index is 11.3. The summed E-state index contributed by atoms with van der Waals surface area (Å²) >= 11 is 0. The van der Waals surface area contributed by atoms with Crippen molar-refractivity contribution in [3.05, 3.63) is 12.7 Å². The van der Waals surface area contributed by atoms with E-state index in [0.717, 1.165) is 19.3 Å². The molecule has 1 aliphatic rings. The van der Waals surface area contributed by atoms with E-state index in [1.807, 2.05) is 0 Å². The molecule has 1 fully saturated rings. The molecule has 1 aliphatic carbocycles. The molecule has 0 unspecified atom stereocenters. The molecule has 90 valence electrons. The van der Waals surface area contributed by atoms with Gasteiger partial charge in [0.1, 0.15) is 6.61 Å². The molecule has 5 nitrogen and oxygen atoms in total. The predicted octanol–water partition coefficient (Wildman–Crippen LogP) is 1.54. The van der Waals surface area contributed by atoms with Crippen molar-refractivity contribution in [1.29, 1.82) is 0 Å². The van der Waals surface area contributed by atoms with Crippen LogP contribution in [-0.4, -0.2) is 29.8 Å². The molecule has 0 aromatic carbocycles. The first-order valence-electron chi connectivity index (χ1n) is 5.39. The smallest absolute Gasteiger partial charge is 0.407 e. The minimum absolute atomic E-state index is 0.0220. The monoisotopic (exact) mass is 227 g/mol. The minimum Gasteiger partial charge on any atom is -0.481 e. The number of rotatable bonds is 5. The second kappa shape index (κ2) is 6.15. The number of carbonyl (C=O) groups excluding carboxylic acids is 1. The summed E-state index contributed by atoms with van der Waals surface area (Å²) < 4.78 is 4.79. The van der Waals surface area contributed by atoms with Crippen molar-refractivity contribution in [2.75, 3.05) is 6.61 Å². The molecule has 1 amide bonds. The van der Waals surface area contributed by atoms with Gasteiger partial charge in [0.15, 0.2) is 0 Å². The van der Waals surface area contributed by atoms with E-state index >= 15 is 0 Å². The van der Waals surface area contributed by atoms with Gasteiger partial charge >= 0.3 is 12.1 Å². The van der Waals surface area contributed by atoms with Crippen molar-refractivity contribution in [3.8, 4) is 0 Å². The Morgan fingerprint density at radius 2 is 2.25 bits per heavy atom. The second-order valence-electron chi connectivity index (χ2n) is 3.93. The number of alkyl carbamates (subject to hydrolysis) is 1. The first kappa shape index (κ1) is 12.5. The molecule has 0 saturated heterocycles. The molecule has 0 spiro atoms. The van der Waals surface area contributed by atoms with Gasteiger partial charge in [0.05, 0.1) is 6.42 Å². The molecule has 16 heavy (non-hydrogen) atoms. The predicted molar refractivity (Wildman–Crippen MR) is 58.1 cm³/mol. The summed E-state index contributed by atoms with van der Waals surface area (Å²) in [6, 6.07) is -0.0755. The highest BCUT2D eigenvalue weighted by molar-refractivity contribution is 5.69. The Labute approximate surface area is 94.5 Å². The molecule has 1 rings (SSSR count). The maximum atomic E-state index is 11.3. The van der Waals surface area contributed by atoms with E-state index < -0.39 is 12.1 Å². The molecular formula is C11H17NO4. The van der Waals surface area contributed by atoms with Gasteiger partial charge in [-0.25, -0.2) is 4.79 Å². The number of carboxylic acid groups (broad SMARTS) is 1. The Hall–Kier alpha value is -1.52. The lowest BCUT2D eigenvalue weighted by Crippen LogP contribution is -2.38. The molecule has 2 N–H and O–H groups in total. The van der Waals surface area contributed by atoms with Crippen LogP contribution in [0.3, 0.4) is 0 Å². The van der Waals surface area contributed by atoms with Crippen molar-refractivity contribution in [3.63, 3.8) is 0 Å². The number of ether oxygens (including phenoxy) is 1. The van der Waals surface area contributed by atoms with Crippen LogP contribution >= 0.6 is 0 Å². The third-order valence-electron chi connectivity index (χ3n) is 2.73. The molecule has 0 aliphatic heterocycles. The average Bonchev–Trinajstić information content (AvgIpc) is 2.62. The van der Waals surface area contributed by atoms with Gasteiger partial charge in [-0.05, 0) is 18.8 Å². The fourth-order valence-corrected chi connectivity index (χ4v) is 2.02. The van der Waals surface area contributed by atoms with Crippen LogP contribution in [0, 0.1) is 5.92 Å². The molecule has 5 heteroatoms. The van der Waals surface area contributed by atoms with Gasteiger partial charge in [0.25, 0.3) is 0 Å². The van der Waals surface area contributed by atoms with Crippen LogP contribution in [-0.2, 0) is 9.53 Å². The summed E-state index contributed by atoms with van der Waals surface area (Å²) in [5, 5.41) is 11.4. The zero-order chi connectivity index (χ0) is 12.0. The highest BCUT2D eigenvalue weighted by Crippen LogP contribution is 2.28. The van der Waals surface area contributed by atoms with Gasteiger partial charge in [-0.3, -0.25) is 4.79 Å². The van der Waals surface area contributed by atoms with Gasteiger partial charge in [-0.15, -0.1) is 0 Å². The lowest BCUT2D eigenvalue weighted by atomic mass is 10.00. The Morgan fingerprint density at radius 1 is 1.50 bits per heavy atom. The van der Waals surface area contributed by atoms with Crippen LogP contribution < -0.4 is 5.32 Å². The van der Waals surface area contributed by atoms with Crippen LogP contribution in [0.4, 0.5) is 4.79 Å². The first-order valence-corrected chi connectivity index (χ1v) is 5.39. The molecule has 0 aromatic heterocycles. The van der Waals surface area contributed by atoms with E-state index in [0.29, 0.717) is 0 Å². The molecule has 0 bridgehead atoms. The zero-order valence-corrected chi connectivity index (χ0v) is 9.15. The molecule has 2 atom stereocenters. The van der Waals surface area contributed by atoms with Gasteiger partial charge in [0, 0.05) is 6.04 Å². The Kier molecular flexibility index (Phi) is 4.82. The highest BCUT2D eigenvalue weighted by atomic mass is 16.5. The Balaban J connectivity index is 2.36. The van der Waals surface area contributed by atoms with E-state index in [1.165, 1.54) is 6.08 Å². The van der Waals surface area contributed by atoms with Crippen LogP contribution in [0.1, 0.15) is 25.7 Å². The summed E-state index contributed by atoms with van der Waals surface area (Å²) in [6.07, 6.45) is 3.71. The SMILES string of the molecule is C=CCOC(=O)N[C@@H]1CCC[C@H]1CC(=O)O. The Morgan fingerprint density at radius 3 is 2.88 bits per heavy atom. The van der Waals surface area contributed by atoms with Crippen molar-refractivity contribution >= 4 is 12.1 Å². The number of amides is 1. The molecule has 0 radical (unpaired) electrons. The normalized spacial score (nSPS) is 23.8. The number of hydrogen-bond donors (Lipinski definition) is 2. The van der Waals surface area contributed by atoms with Gasteiger partial charge in [-0.2, -0.15) is 0 Å². The third kappa shape index (κ3) is 3.92. The standard InChI is InChI=1S/C11H17NO4/c1-2-6-16-11(15)12-9-5-3-4-8(9)7-10(13)14/h2,8-9H,1,3-7H2,(H,12,15)(H,13,14)/t8-,9+/m0/s1. The molecular weight excluding hydrogens is 210 g/mol. The number of aliphatic carboxylic acids is 1. The van der Waals surface area contributed by atoms with E-state index in [1.54, 1.807) is 0 Å². The van der Waals surface area contributed by atoms with Crippen molar-refractivity contribution in [2.24, 2.45) is 5.92 Å². The fourth-order valence-electron chi connectivity index (χ4n) is 2.02. The maximum Gasteiger partial charge on any atom is 0.407 e. The van der Waals surface area contributed by atoms with Gasteiger partial charge in [-0.1, -0.05) is 19.1 Å². The summed E-state index contributed by atoms with van der Waals surface area (Å²) in [6.45, 7) is 3.60. The lowest BCUT2D eigenvalue weighted by molar-refractivity contribution is -0.138. The first-order chi connectivity index (χ1) is 7.63. The summed E-state index contributed by atoms with van der Waals surface area (Å²) in [7, 11) is 0. The van der Waals surface area contributed by atoms with Gasteiger partial charge in [0.2, 0.25) is 0 Å². The van der Waals surface area contributed by atoms with Gasteiger partial charge < -0.3 is 15.2 Å². The van der Waals surface area contributed by atoms with Crippen LogP contribution in [0.25, 0.3) is 0 Å². The zero-order valence-electron chi connectivity index (χ0n) is 9.15. The lowest BCUT2D eigenvalue weighted by Gasteiger charge is -2.18. The molecule has 1 saturated carbocycles. The number of hydrogen-bond acceptors (Lipinski definition) is 3. The third-order valence-corrected chi connectivity index (χ3v) is 2.73. The summed E-state index contributed by atoms with van der Waals surface area (Å²) in [5.41, 5.74) is 0. The average molecular weight is 227 g/mol. The summed E-state index contributed by atoms with van der Waals surface area (Å²) in [4.78, 5) is 21.9. The molecule has 0 aromatic rings. The number of carbonyl (C=O) groups is 2. The quantitative estimate of drug-likeness (QED) is 0.698. The van der Waals surface area contributed by atoms with E-state index in [4.69, 9.17) is 9.84 Å². The Bertz CT molecular complexity index is 277. The van der Waals surface area contributed by atoms with E-state index in [2.05, 4.69) is 11.9 Å². The van der Waals surface area contributed by atoms with Crippen LogP contribution in [0.2, 0.25) is 0 Å². The topological polar surface area (TPSA) is 75.6 Å². The van der Waals surface area contributed by atoms with Crippen molar-refractivity contribution in [2.45, 2.75) is 31.7 Å².